The highest BCUT2D eigenvalue weighted by molar-refractivity contribution is 6.01. The maximum atomic E-state index is 11.5. The number of rotatable bonds is 2. The summed E-state index contributed by atoms with van der Waals surface area (Å²) in [6.45, 7) is 0.337. The van der Waals surface area contributed by atoms with Crippen molar-refractivity contribution in [2.24, 2.45) is 0 Å². The highest BCUT2D eigenvalue weighted by atomic mass is 16.6. The van der Waals surface area contributed by atoms with Gasteiger partial charge in [0.15, 0.2) is 0 Å². The molecule has 1 aliphatic rings. The Hall–Kier alpha value is -2.44. The summed E-state index contributed by atoms with van der Waals surface area (Å²) in [5.41, 5.74) is -0.142. The number of fused-ring (bicyclic) bond motifs is 1. The summed E-state index contributed by atoms with van der Waals surface area (Å²) in [6.07, 6.45) is 0.362. The van der Waals surface area contributed by atoms with Crippen LogP contribution in [-0.4, -0.2) is 28.5 Å². The second-order valence-corrected chi connectivity index (χ2v) is 3.59. The number of hydrogen-bond donors (Lipinski definition) is 2. The summed E-state index contributed by atoms with van der Waals surface area (Å²) in [6, 6.07) is 2.09. The van der Waals surface area contributed by atoms with Crippen LogP contribution in [0, 0.1) is 10.1 Å². The second-order valence-electron chi connectivity index (χ2n) is 3.59. The molecule has 88 valence electrons. The van der Waals surface area contributed by atoms with E-state index in [1.807, 2.05) is 0 Å². The minimum atomic E-state index is -1.26. The molecule has 17 heavy (non-hydrogen) atoms. The van der Waals surface area contributed by atoms with Crippen LogP contribution in [0.1, 0.15) is 26.3 Å². The number of aromatic carboxylic acids is 1. The molecule has 1 aliphatic heterocycles. The van der Waals surface area contributed by atoms with E-state index in [-0.39, 0.29) is 11.1 Å². The zero-order valence-electron chi connectivity index (χ0n) is 8.60. The van der Waals surface area contributed by atoms with Crippen LogP contribution in [0.4, 0.5) is 5.69 Å². The number of carboxylic acids is 1. The van der Waals surface area contributed by atoms with Gasteiger partial charge in [0.1, 0.15) is 0 Å². The van der Waals surface area contributed by atoms with Crippen LogP contribution in [0.15, 0.2) is 12.1 Å². The fourth-order valence-corrected chi connectivity index (χ4v) is 1.82. The highest BCUT2D eigenvalue weighted by Crippen LogP contribution is 2.25. The molecule has 1 aromatic rings. The molecule has 1 heterocycles. The lowest BCUT2D eigenvalue weighted by Crippen LogP contribution is -2.33. The van der Waals surface area contributed by atoms with Gasteiger partial charge >= 0.3 is 5.97 Å². The van der Waals surface area contributed by atoms with E-state index < -0.39 is 22.5 Å². The predicted molar refractivity (Wildman–Crippen MR) is 56.1 cm³/mol. The average Bonchev–Trinajstić information content (AvgIpc) is 2.28. The molecule has 0 atom stereocenters. The molecular weight excluding hydrogens is 228 g/mol. The van der Waals surface area contributed by atoms with E-state index in [4.69, 9.17) is 5.11 Å². The third-order valence-electron chi connectivity index (χ3n) is 2.58. The van der Waals surface area contributed by atoms with Crippen molar-refractivity contribution in [2.45, 2.75) is 6.42 Å². The summed E-state index contributed by atoms with van der Waals surface area (Å²) in [5.74, 6) is -1.74. The van der Waals surface area contributed by atoms with Crippen LogP contribution < -0.4 is 5.32 Å². The first-order chi connectivity index (χ1) is 8.00. The molecule has 7 heteroatoms. The lowest BCUT2D eigenvalue weighted by atomic mass is 9.94. The van der Waals surface area contributed by atoms with Crippen LogP contribution in [0.25, 0.3) is 0 Å². The van der Waals surface area contributed by atoms with E-state index in [0.29, 0.717) is 18.5 Å². The van der Waals surface area contributed by atoms with E-state index in [2.05, 4.69) is 5.32 Å². The molecule has 1 aromatic carbocycles. The van der Waals surface area contributed by atoms with Crippen molar-refractivity contribution in [3.63, 3.8) is 0 Å². The average molecular weight is 236 g/mol. The number of carbonyl (C=O) groups is 2. The number of nitrogens with zero attached hydrogens (tertiary/aromatic N) is 1. The normalized spacial score (nSPS) is 13.8. The minimum Gasteiger partial charge on any atom is -0.478 e. The van der Waals surface area contributed by atoms with Crippen molar-refractivity contribution < 1.29 is 19.6 Å². The first-order valence-electron chi connectivity index (χ1n) is 4.83. The number of carbonyl (C=O) groups excluding carboxylic acids is 1. The summed E-state index contributed by atoms with van der Waals surface area (Å²) in [4.78, 5) is 32.4. The first-order valence-corrected chi connectivity index (χ1v) is 4.83. The van der Waals surface area contributed by atoms with Gasteiger partial charge in [-0.05, 0) is 12.0 Å². The summed E-state index contributed by atoms with van der Waals surface area (Å²) >= 11 is 0. The van der Waals surface area contributed by atoms with E-state index in [9.17, 15) is 19.7 Å². The molecule has 0 spiro atoms. The largest absolute Gasteiger partial charge is 0.478 e. The first kappa shape index (κ1) is 11.1. The molecule has 0 radical (unpaired) electrons. The molecule has 0 saturated carbocycles. The van der Waals surface area contributed by atoms with Gasteiger partial charge in [0.05, 0.1) is 16.1 Å². The fraction of sp³-hybridized carbons (Fsp3) is 0.200. The zero-order valence-corrected chi connectivity index (χ0v) is 8.60. The van der Waals surface area contributed by atoms with Gasteiger partial charge in [-0.2, -0.15) is 0 Å². The Kier molecular flexibility index (Phi) is 2.51. The van der Waals surface area contributed by atoms with Crippen LogP contribution in [0.5, 0.6) is 0 Å². The smallest absolute Gasteiger partial charge is 0.336 e. The number of benzene rings is 1. The lowest BCUT2D eigenvalue weighted by Gasteiger charge is -2.17. The SMILES string of the molecule is O=C(O)c1cc([N+](=O)[O-])cc2c1CCNC2=O. The molecular formula is C10H8N2O5. The van der Waals surface area contributed by atoms with E-state index >= 15 is 0 Å². The Bertz CT molecular complexity index is 520. The Balaban J connectivity index is 2.70. The summed E-state index contributed by atoms with van der Waals surface area (Å²) in [5, 5.41) is 22.1. The third-order valence-corrected chi connectivity index (χ3v) is 2.58. The van der Waals surface area contributed by atoms with Gasteiger partial charge in [-0.25, -0.2) is 4.79 Å². The number of non-ortho nitro benzene ring substituents is 1. The molecule has 0 saturated heterocycles. The molecule has 2 rings (SSSR count). The van der Waals surface area contributed by atoms with Crippen LogP contribution in [-0.2, 0) is 6.42 Å². The topological polar surface area (TPSA) is 110 Å². The van der Waals surface area contributed by atoms with Crippen molar-refractivity contribution in [2.75, 3.05) is 6.54 Å². The molecule has 0 bridgehead atoms. The monoisotopic (exact) mass is 236 g/mol. The van der Waals surface area contributed by atoms with Gasteiger partial charge in [-0.1, -0.05) is 0 Å². The quantitative estimate of drug-likeness (QED) is 0.576. The number of nitrogens with one attached hydrogen (secondary N) is 1. The second kappa shape index (κ2) is 3.85. The van der Waals surface area contributed by atoms with Gasteiger partial charge in [-0.3, -0.25) is 14.9 Å². The molecule has 7 nitrogen and oxygen atoms in total. The number of nitro groups is 1. The van der Waals surface area contributed by atoms with Gasteiger partial charge in [0.2, 0.25) is 0 Å². The molecule has 1 amide bonds. The summed E-state index contributed by atoms with van der Waals surface area (Å²) in [7, 11) is 0. The Morgan fingerprint density at radius 3 is 2.76 bits per heavy atom. The number of nitro benzene ring substituents is 1. The number of amides is 1. The minimum absolute atomic E-state index is 0.0721. The van der Waals surface area contributed by atoms with E-state index in [1.54, 1.807) is 0 Å². The summed E-state index contributed by atoms with van der Waals surface area (Å²) < 4.78 is 0. The van der Waals surface area contributed by atoms with Crippen LogP contribution in [0.2, 0.25) is 0 Å². The molecule has 2 N–H and O–H groups in total. The van der Waals surface area contributed by atoms with Crippen molar-refractivity contribution in [1.82, 2.24) is 5.32 Å². The molecule has 0 aromatic heterocycles. The van der Waals surface area contributed by atoms with Gasteiger partial charge in [0.25, 0.3) is 11.6 Å². The number of hydrogen-bond acceptors (Lipinski definition) is 4. The van der Waals surface area contributed by atoms with Gasteiger partial charge < -0.3 is 10.4 Å². The molecule has 0 aliphatic carbocycles. The lowest BCUT2D eigenvalue weighted by molar-refractivity contribution is -0.384. The van der Waals surface area contributed by atoms with Crippen molar-refractivity contribution in [3.8, 4) is 0 Å². The Morgan fingerprint density at radius 1 is 1.47 bits per heavy atom. The van der Waals surface area contributed by atoms with E-state index in [0.717, 1.165) is 12.1 Å². The number of carboxylic acid groups (broad SMARTS) is 1. The zero-order chi connectivity index (χ0) is 12.6. The third kappa shape index (κ3) is 1.82. The van der Waals surface area contributed by atoms with Gasteiger partial charge in [-0.15, -0.1) is 0 Å². The van der Waals surface area contributed by atoms with Crippen molar-refractivity contribution in [3.05, 3.63) is 38.9 Å². The van der Waals surface area contributed by atoms with E-state index in [1.165, 1.54) is 0 Å². The van der Waals surface area contributed by atoms with Crippen LogP contribution >= 0.6 is 0 Å². The van der Waals surface area contributed by atoms with Gasteiger partial charge in [0, 0.05) is 18.7 Å². The standard InChI is InChI=1S/C10H8N2O5/c13-9-7-3-5(12(16)17)4-8(10(14)15)6(7)1-2-11-9/h3-4H,1-2H2,(H,11,13)(H,14,15). The van der Waals surface area contributed by atoms with Crippen molar-refractivity contribution in [1.29, 1.82) is 0 Å². The van der Waals surface area contributed by atoms with Crippen LogP contribution in [0.3, 0.4) is 0 Å². The maximum absolute atomic E-state index is 11.5. The Morgan fingerprint density at radius 2 is 2.18 bits per heavy atom. The Labute approximate surface area is 95.2 Å². The van der Waals surface area contributed by atoms with Crippen molar-refractivity contribution >= 4 is 17.6 Å². The fourth-order valence-electron chi connectivity index (χ4n) is 1.82. The molecule has 0 fully saturated rings. The predicted octanol–water partition coefficient (Wildman–Crippen LogP) is 0.579. The highest BCUT2D eigenvalue weighted by Gasteiger charge is 2.26. The maximum Gasteiger partial charge on any atom is 0.336 e. The molecule has 0 unspecified atom stereocenters.